The molecule has 0 radical (unpaired) electrons. The van der Waals surface area contributed by atoms with Gasteiger partial charge < -0.3 is 9.69 Å². The zero-order valence-electron chi connectivity index (χ0n) is 10.4. The molecule has 0 N–H and O–H groups in total. The van der Waals surface area contributed by atoms with Crippen molar-refractivity contribution in [2.75, 3.05) is 18.0 Å². The molecule has 90 valence electrons. The highest BCUT2D eigenvalue weighted by molar-refractivity contribution is 5.78. The van der Waals surface area contributed by atoms with E-state index in [0.29, 0.717) is 18.1 Å². The molecule has 0 bridgehead atoms. The van der Waals surface area contributed by atoms with E-state index in [1.165, 1.54) is 30.6 Å². The number of hydrogen-bond donors (Lipinski definition) is 0. The lowest BCUT2D eigenvalue weighted by molar-refractivity contribution is -0.117. The van der Waals surface area contributed by atoms with Crippen LogP contribution in [0.15, 0.2) is 24.3 Å². The van der Waals surface area contributed by atoms with Crippen molar-refractivity contribution in [3.63, 3.8) is 0 Å². The number of hydrogen-bond acceptors (Lipinski definition) is 2. The molecule has 2 nitrogen and oxygen atoms in total. The summed E-state index contributed by atoms with van der Waals surface area (Å²) in [5.41, 5.74) is 2.74. The quantitative estimate of drug-likeness (QED) is 0.791. The first-order valence-electron chi connectivity index (χ1n) is 6.57. The molecule has 1 aromatic rings. The van der Waals surface area contributed by atoms with Gasteiger partial charge in [-0.1, -0.05) is 18.2 Å². The van der Waals surface area contributed by atoms with Crippen LogP contribution >= 0.6 is 0 Å². The third-order valence-corrected chi connectivity index (χ3v) is 3.87. The molecule has 0 spiro atoms. The number of carbonyl (C=O) groups excluding carboxylic acids is 1. The van der Waals surface area contributed by atoms with Crippen LogP contribution in [0.5, 0.6) is 0 Å². The van der Waals surface area contributed by atoms with Crippen molar-refractivity contribution in [3.8, 4) is 0 Å². The Balaban J connectivity index is 1.83. The molecular weight excluding hydrogens is 210 g/mol. The van der Waals surface area contributed by atoms with Crippen molar-refractivity contribution in [1.82, 2.24) is 0 Å². The molecule has 1 atom stereocenters. The summed E-state index contributed by atoms with van der Waals surface area (Å²) in [6, 6.07) is 8.59. The highest BCUT2D eigenvalue weighted by Crippen LogP contribution is 2.40. The summed E-state index contributed by atoms with van der Waals surface area (Å²) in [7, 11) is 0. The van der Waals surface area contributed by atoms with Gasteiger partial charge >= 0.3 is 0 Å². The highest BCUT2D eigenvalue weighted by Gasteiger charge is 2.32. The summed E-state index contributed by atoms with van der Waals surface area (Å²) in [5, 5.41) is 0. The highest BCUT2D eigenvalue weighted by atomic mass is 16.1. The summed E-state index contributed by atoms with van der Waals surface area (Å²) in [4.78, 5) is 13.8. The van der Waals surface area contributed by atoms with Crippen LogP contribution in [0.1, 0.15) is 37.7 Å². The molecule has 1 aromatic carbocycles. The van der Waals surface area contributed by atoms with E-state index in [1.54, 1.807) is 6.92 Å². The molecule has 2 heteroatoms. The van der Waals surface area contributed by atoms with Gasteiger partial charge in [0.15, 0.2) is 0 Å². The number of benzene rings is 1. The van der Waals surface area contributed by atoms with Crippen molar-refractivity contribution < 1.29 is 4.79 Å². The standard InChI is InChI=1S/C15H19NO/c1-11(17)8-13-10-16(9-12-6-7-12)15-5-3-2-4-14(13)15/h2-5,12-13H,6-10H2,1H3. The molecule has 0 aromatic heterocycles. The predicted molar refractivity (Wildman–Crippen MR) is 69.4 cm³/mol. The van der Waals surface area contributed by atoms with Gasteiger partial charge in [0.2, 0.25) is 0 Å². The van der Waals surface area contributed by atoms with Crippen molar-refractivity contribution in [3.05, 3.63) is 29.8 Å². The van der Waals surface area contributed by atoms with Crippen molar-refractivity contribution in [2.45, 2.75) is 32.1 Å². The molecule has 1 aliphatic heterocycles. The van der Waals surface area contributed by atoms with E-state index in [4.69, 9.17) is 0 Å². The van der Waals surface area contributed by atoms with Crippen LogP contribution in [0.2, 0.25) is 0 Å². The van der Waals surface area contributed by atoms with Gasteiger partial charge in [0.05, 0.1) is 0 Å². The zero-order chi connectivity index (χ0) is 11.8. The maximum absolute atomic E-state index is 11.3. The van der Waals surface area contributed by atoms with Gasteiger partial charge in [-0.15, -0.1) is 0 Å². The number of fused-ring (bicyclic) bond motifs is 1. The first-order valence-corrected chi connectivity index (χ1v) is 6.57. The van der Waals surface area contributed by atoms with Gasteiger partial charge in [0.25, 0.3) is 0 Å². The average molecular weight is 229 g/mol. The average Bonchev–Trinajstić information content (AvgIpc) is 3.04. The van der Waals surface area contributed by atoms with Gasteiger partial charge in [-0.05, 0) is 37.3 Å². The number of carbonyl (C=O) groups is 1. The van der Waals surface area contributed by atoms with Crippen molar-refractivity contribution in [2.24, 2.45) is 5.92 Å². The molecule has 1 aliphatic carbocycles. The number of ketones is 1. The lowest BCUT2D eigenvalue weighted by atomic mass is 9.96. The van der Waals surface area contributed by atoms with Gasteiger partial charge in [-0.25, -0.2) is 0 Å². The summed E-state index contributed by atoms with van der Waals surface area (Å²) in [6.07, 6.45) is 3.46. The molecule has 1 unspecified atom stereocenters. The van der Waals surface area contributed by atoms with Crippen LogP contribution < -0.4 is 4.90 Å². The maximum atomic E-state index is 11.3. The van der Waals surface area contributed by atoms with Crippen molar-refractivity contribution in [1.29, 1.82) is 0 Å². The molecule has 3 rings (SSSR count). The molecule has 1 heterocycles. The Kier molecular flexibility index (Phi) is 2.65. The van der Waals surface area contributed by atoms with Crippen LogP contribution in [-0.2, 0) is 4.79 Å². The monoisotopic (exact) mass is 229 g/mol. The second-order valence-corrected chi connectivity index (χ2v) is 5.51. The Labute approximate surface area is 103 Å². The topological polar surface area (TPSA) is 20.3 Å². The van der Waals surface area contributed by atoms with E-state index in [1.807, 2.05) is 0 Å². The van der Waals surface area contributed by atoms with Crippen molar-refractivity contribution >= 4 is 11.5 Å². The largest absolute Gasteiger partial charge is 0.370 e. The van der Waals surface area contributed by atoms with E-state index in [9.17, 15) is 4.79 Å². The second kappa shape index (κ2) is 4.17. The van der Waals surface area contributed by atoms with E-state index < -0.39 is 0 Å². The van der Waals surface area contributed by atoms with Crippen LogP contribution in [0.3, 0.4) is 0 Å². The number of nitrogens with zero attached hydrogens (tertiary/aromatic N) is 1. The predicted octanol–water partition coefficient (Wildman–Crippen LogP) is 2.98. The Morgan fingerprint density at radius 1 is 1.35 bits per heavy atom. The van der Waals surface area contributed by atoms with Crippen LogP contribution in [0.25, 0.3) is 0 Å². The third kappa shape index (κ3) is 2.21. The smallest absolute Gasteiger partial charge is 0.130 e. The van der Waals surface area contributed by atoms with Crippen LogP contribution in [0, 0.1) is 5.92 Å². The van der Waals surface area contributed by atoms with E-state index in [0.717, 1.165) is 12.5 Å². The van der Waals surface area contributed by atoms with Crippen LogP contribution in [-0.4, -0.2) is 18.9 Å². The number of Topliss-reactive ketones (excluding diaryl/α,β-unsaturated/α-hetero) is 1. The third-order valence-electron chi connectivity index (χ3n) is 3.87. The zero-order valence-corrected chi connectivity index (χ0v) is 10.4. The van der Waals surface area contributed by atoms with Crippen LogP contribution in [0.4, 0.5) is 5.69 Å². The summed E-state index contributed by atoms with van der Waals surface area (Å²) in [5.74, 6) is 1.62. The van der Waals surface area contributed by atoms with Gasteiger partial charge in [0.1, 0.15) is 5.78 Å². The molecule has 1 saturated carbocycles. The molecule has 17 heavy (non-hydrogen) atoms. The lowest BCUT2D eigenvalue weighted by Gasteiger charge is -2.19. The number of rotatable bonds is 4. The fraction of sp³-hybridized carbons (Fsp3) is 0.533. The molecule has 0 saturated heterocycles. The van der Waals surface area contributed by atoms with Gasteiger partial charge in [-0.2, -0.15) is 0 Å². The first-order chi connectivity index (χ1) is 8.24. The second-order valence-electron chi connectivity index (χ2n) is 5.51. The summed E-state index contributed by atoms with van der Waals surface area (Å²) >= 11 is 0. The van der Waals surface area contributed by atoms with E-state index >= 15 is 0 Å². The number of anilines is 1. The first kappa shape index (κ1) is 10.8. The Bertz CT molecular complexity index is 436. The minimum atomic E-state index is 0.304. The van der Waals surface area contributed by atoms with E-state index in [-0.39, 0.29) is 0 Å². The molecule has 2 aliphatic rings. The number of para-hydroxylation sites is 1. The Hall–Kier alpha value is -1.31. The van der Waals surface area contributed by atoms with Gasteiger partial charge in [0, 0.05) is 31.1 Å². The van der Waals surface area contributed by atoms with Gasteiger partial charge in [-0.3, -0.25) is 0 Å². The molecule has 0 amide bonds. The normalized spacial score (nSPS) is 22.6. The lowest BCUT2D eigenvalue weighted by Crippen LogP contribution is -2.24. The van der Waals surface area contributed by atoms with E-state index in [2.05, 4.69) is 29.2 Å². The summed E-state index contributed by atoms with van der Waals surface area (Å²) < 4.78 is 0. The SMILES string of the molecule is CC(=O)CC1CN(CC2CC2)c2ccccc21. The fourth-order valence-electron chi connectivity index (χ4n) is 2.89. The molecular formula is C15H19NO. The Morgan fingerprint density at radius 3 is 2.82 bits per heavy atom. The molecule has 1 fully saturated rings. The summed E-state index contributed by atoms with van der Waals surface area (Å²) in [6.45, 7) is 3.92. The minimum absolute atomic E-state index is 0.304. The fourth-order valence-corrected chi connectivity index (χ4v) is 2.89. The Morgan fingerprint density at radius 2 is 2.12 bits per heavy atom. The minimum Gasteiger partial charge on any atom is -0.370 e. The maximum Gasteiger partial charge on any atom is 0.130 e.